The lowest BCUT2D eigenvalue weighted by Crippen LogP contribution is -2.30. The smallest absolute Gasteiger partial charge is 0.303 e. The molecule has 0 saturated carbocycles. The molecule has 1 aromatic heterocycles. The van der Waals surface area contributed by atoms with Crippen molar-refractivity contribution in [2.75, 3.05) is 6.54 Å². The maximum Gasteiger partial charge on any atom is 0.303 e. The van der Waals surface area contributed by atoms with Gasteiger partial charge in [-0.1, -0.05) is 19.1 Å². The lowest BCUT2D eigenvalue weighted by atomic mass is 10.0. The average Bonchev–Trinajstić information content (AvgIpc) is 2.80. The van der Waals surface area contributed by atoms with Crippen molar-refractivity contribution < 1.29 is 14.7 Å². The number of carboxylic acid groups (broad SMARTS) is 1. The zero-order valence-corrected chi connectivity index (χ0v) is 12.3. The van der Waals surface area contributed by atoms with E-state index in [1.54, 1.807) is 0 Å². The Bertz CT molecular complexity index is 661. The van der Waals surface area contributed by atoms with Crippen LogP contribution in [0.3, 0.4) is 0 Å². The van der Waals surface area contributed by atoms with Crippen molar-refractivity contribution >= 4 is 22.8 Å². The van der Waals surface area contributed by atoms with Gasteiger partial charge in [-0.3, -0.25) is 9.59 Å². The number of carbonyl (C=O) groups excluding carboxylic acids is 1. The van der Waals surface area contributed by atoms with Gasteiger partial charge >= 0.3 is 5.97 Å². The van der Waals surface area contributed by atoms with E-state index >= 15 is 0 Å². The molecule has 2 rings (SSSR count). The van der Waals surface area contributed by atoms with E-state index in [0.29, 0.717) is 13.0 Å². The fourth-order valence-electron chi connectivity index (χ4n) is 2.48. The monoisotopic (exact) mass is 288 g/mol. The molecule has 3 N–H and O–H groups in total. The number of rotatable bonds is 6. The second-order valence-electron chi connectivity index (χ2n) is 5.50. The van der Waals surface area contributed by atoms with Gasteiger partial charge in [0.25, 0.3) is 0 Å². The highest BCUT2D eigenvalue weighted by Gasteiger charge is 2.12. The number of H-pyrrole nitrogens is 1. The van der Waals surface area contributed by atoms with E-state index in [1.165, 1.54) is 0 Å². The lowest BCUT2D eigenvalue weighted by molar-refractivity contribution is -0.138. The Labute approximate surface area is 123 Å². The number of hydrogen-bond acceptors (Lipinski definition) is 2. The van der Waals surface area contributed by atoms with E-state index in [0.717, 1.165) is 22.0 Å². The van der Waals surface area contributed by atoms with Gasteiger partial charge in [-0.05, 0) is 30.0 Å². The van der Waals surface area contributed by atoms with E-state index in [4.69, 9.17) is 5.11 Å². The third-order valence-electron chi connectivity index (χ3n) is 3.52. The number of fused-ring (bicyclic) bond motifs is 1. The molecule has 0 aliphatic heterocycles. The molecule has 2 aromatic rings. The summed E-state index contributed by atoms with van der Waals surface area (Å²) in [6.45, 7) is 4.21. The molecule has 1 aromatic carbocycles. The number of hydrogen-bond donors (Lipinski definition) is 3. The van der Waals surface area contributed by atoms with Crippen molar-refractivity contribution in [2.24, 2.45) is 5.92 Å². The van der Waals surface area contributed by atoms with E-state index < -0.39 is 5.97 Å². The Kier molecular flexibility index (Phi) is 4.62. The highest BCUT2D eigenvalue weighted by Crippen LogP contribution is 2.22. The van der Waals surface area contributed by atoms with E-state index in [2.05, 4.69) is 10.3 Å². The van der Waals surface area contributed by atoms with Gasteiger partial charge in [-0.2, -0.15) is 0 Å². The first kappa shape index (κ1) is 15.1. The predicted molar refractivity (Wildman–Crippen MR) is 81.2 cm³/mol. The maximum atomic E-state index is 12.0. The normalized spacial score (nSPS) is 12.3. The molecule has 0 bridgehead atoms. The first-order valence-corrected chi connectivity index (χ1v) is 7.01. The molecule has 5 nitrogen and oxygen atoms in total. The molecule has 0 radical (unpaired) electrons. The van der Waals surface area contributed by atoms with Gasteiger partial charge in [0.2, 0.25) is 5.91 Å². The Hall–Kier alpha value is -2.30. The van der Waals surface area contributed by atoms with Crippen molar-refractivity contribution in [3.8, 4) is 0 Å². The van der Waals surface area contributed by atoms with Crippen LogP contribution in [-0.2, 0) is 16.0 Å². The number of aromatic amines is 1. The number of aliphatic carboxylic acids is 1. The second kappa shape index (κ2) is 6.43. The number of aromatic nitrogens is 1. The van der Waals surface area contributed by atoms with Crippen LogP contribution < -0.4 is 5.32 Å². The number of amides is 1. The zero-order chi connectivity index (χ0) is 15.4. The summed E-state index contributed by atoms with van der Waals surface area (Å²) in [4.78, 5) is 25.7. The highest BCUT2D eigenvalue weighted by molar-refractivity contribution is 5.91. The van der Waals surface area contributed by atoms with Crippen molar-refractivity contribution in [1.82, 2.24) is 10.3 Å². The van der Waals surface area contributed by atoms with Crippen LogP contribution in [-0.4, -0.2) is 28.5 Å². The molecule has 21 heavy (non-hydrogen) atoms. The summed E-state index contributed by atoms with van der Waals surface area (Å²) in [6.07, 6.45) is 2.22. The van der Waals surface area contributed by atoms with Crippen molar-refractivity contribution in [2.45, 2.75) is 26.7 Å². The van der Waals surface area contributed by atoms with E-state index in [-0.39, 0.29) is 18.2 Å². The minimum atomic E-state index is -0.844. The van der Waals surface area contributed by atoms with Gasteiger partial charge < -0.3 is 15.4 Å². The van der Waals surface area contributed by atoms with Crippen LogP contribution in [0.4, 0.5) is 0 Å². The summed E-state index contributed by atoms with van der Waals surface area (Å²) in [5.41, 5.74) is 3.12. The molecule has 0 aliphatic carbocycles. The van der Waals surface area contributed by atoms with Crippen molar-refractivity contribution in [1.29, 1.82) is 0 Å². The highest BCUT2D eigenvalue weighted by atomic mass is 16.4. The van der Waals surface area contributed by atoms with Gasteiger partial charge in [0.05, 0.1) is 6.42 Å². The van der Waals surface area contributed by atoms with Gasteiger partial charge in [-0.25, -0.2) is 0 Å². The fraction of sp³-hybridized carbons (Fsp3) is 0.375. The summed E-state index contributed by atoms with van der Waals surface area (Å²) in [7, 11) is 0. The van der Waals surface area contributed by atoms with Crippen LogP contribution in [0.25, 0.3) is 10.9 Å². The second-order valence-corrected chi connectivity index (χ2v) is 5.50. The van der Waals surface area contributed by atoms with Crippen LogP contribution in [0.2, 0.25) is 0 Å². The topological polar surface area (TPSA) is 82.2 Å². The minimum Gasteiger partial charge on any atom is -0.481 e. The van der Waals surface area contributed by atoms with Gasteiger partial charge in [-0.15, -0.1) is 0 Å². The Morgan fingerprint density at radius 3 is 2.86 bits per heavy atom. The number of carbonyl (C=O) groups is 2. The quantitative estimate of drug-likeness (QED) is 0.762. The van der Waals surface area contributed by atoms with Crippen LogP contribution in [0.1, 0.15) is 24.5 Å². The molecule has 5 heteroatoms. The SMILES string of the molecule is Cc1cccc2[nH]cc(CC(=O)NCC(C)CC(=O)O)c12. The van der Waals surface area contributed by atoms with Gasteiger partial charge in [0.15, 0.2) is 0 Å². The maximum absolute atomic E-state index is 12.0. The third-order valence-corrected chi connectivity index (χ3v) is 3.52. The third kappa shape index (κ3) is 3.84. The zero-order valence-electron chi connectivity index (χ0n) is 12.3. The lowest BCUT2D eigenvalue weighted by Gasteiger charge is -2.10. The summed E-state index contributed by atoms with van der Waals surface area (Å²) in [5, 5.41) is 12.6. The Balaban J connectivity index is 1.97. The molecule has 1 amide bonds. The summed E-state index contributed by atoms with van der Waals surface area (Å²) >= 11 is 0. The Morgan fingerprint density at radius 1 is 1.38 bits per heavy atom. The summed E-state index contributed by atoms with van der Waals surface area (Å²) in [5.74, 6) is -1.00. The number of carboxylic acids is 1. The molecular formula is C16H20N2O3. The van der Waals surface area contributed by atoms with Gasteiger partial charge in [0, 0.05) is 30.1 Å². The van der Waals surface area contributed by atoms with E-state index in [9.17, 15) is 9.59 Å². The van der Waals surface area contributed by atoms with Crippen molar-refractivity contribution in [3.05, 3.63) is 35.5 Å². The molecular weight excluding hydrogens is 268 g/mol. The fourth-order valence-corrected chi connectivity index (χ4v) is 2.48. The number of nitrogens with one attached hydrogen (secondary N) is 2. The molecule has 0 fully saturated rings. The predicted octanol–water partition coefficient (Wildman–Crippen LogP) is 2.25. The summed E-state index contributed by atoms with van der Waals surface area (Å²) in [6, 6.07) is 5.98. The Morgan fingerprint density at radius 2 is 2.14 bits per heavy atom. The first-order valence-electron chi connectivity index (χ1n) is 7.01. The van der Waals surface area contributed by atoms with Crippen LogP contribution >= 0.6 is 0 Å². The molecule has 0 aliphatic rings. The van der Waals surface area contributed by atoms with Crippen LogP contribution in [0, 0.1) is 12.8 Å². The molecule has 1 heterocycles. The standard InChI is InChI=1S/C16H20N2O3/c1-10(6-15(20)21)8-18-14(19)7-12-9-17-13-5-3-4-11(2)16(12)13/h3-5,9-10,17H,6-8H2,1-2H3,(H,18,19)(H,20,21). The van der Waals surface area contributed by atoms with Crippen molar-refractivity contribution in [3.63, 3.8) is 0 Å². The minimum absolute atomic E-state index is 0.0620. The van der Waals surface area contributed by atoms with E-state index in [1.807, 2.05) is 38.2 Å². The molecule has 1 atom stereocenters. The number of aryl methyl sites for hydroxylation is 1. The van der Waals surface area contributed by atoms with Gasteiger partial charge in [0.1, 0.15) is 0 Å². The first-order chi connectivity index (χ1) is 9.97. The molecule has 112 valence electrons. The van der Waals surface area contributed by atoms with Crippen LogP contribution in [0.15, 0.2) is 24.4 Å². The summed E-state index contributed by atoms with van der Waals surface area (Å²) < 4.78 is 0. The molecule has 0 saturated heterocycles. The average molecular weight is 288 g/mol. The molecule has 0 spiro atoms. The van der Waals surface area contributed by atoms with Crippen LogP contribution in [0.5, 0.6) is 0 Å². The molecule has 1 unspecified atom stereocenters. The largest absolute Gasteiger partial charge is 0.481 e. The number of benzene rings is 1.